The van der Waals surface area contributed by atoms with Crippen molar-refractivity contribution in [1.29, 1.82) is 0 Å². The van der Waals surface area contributed by atoms with Crippen molar-refractivity contribution in [3.8, 4) is 22.3 Å². The van der Waals surface area contributed by atoms with Gasteiger partial charge in [-0.25, -0.2) is 0 Å². The third kappa shape index (κ3) is 3.36. The first-order valence-electron chi connectivity index (χ1n) is 13.3. The molecule has 178 valence electrons. The predicted molar refractivity (Wildman–Crippen MR) is 157 cm³/mol. The van der Waals surface area contributed by atoms with Crippen LogP contribution in [0, 0.1) is 6.92 Å². The molecule has 0 aromatic heterocycles. The average molecular weight is 475 g/mol. The highest BCUT2D eigenvalue weighted by Crippen LogP contribution is 2.58. The van der Waals surface area contributed by atoms with E-state index in [1.807, 2.05) is 0 Å². The zero-order chi connectivity index (χ0) is 25.0. The molecule has 0 spiro atoms. The molecule has 0 N–H and O–H groups in total. The second-order valence-electron chi connectivity index (χ2n) is 10.7. The van der Waals surface area contributed by atoms with Crippen LogP contribution in [0.2, 0.25) is 0 Å². The van der Waals surface area contributed by atoms with Gasteiger partial charge in [0.25, 0.3) is 0 Å². The molecule has 0 heteroatoms. The molecule has 7 rings (SSSR count). The van der Waals surface area contributed by atoms with Crippen molar-refractivity contribution in [3.63, 3.8) is 0 Å². The number of aryl methyl sites for hydroxylation is 1. The molecule has 0 amide bonds. The molecule has 0 heterocycles. The normalized spacial score (nSPS) is 18.2. The second kappa shape index (κ2) is 8.46. The molecule has 0 saturated heterocycles. The van der Waals surface area contributed by atoms with Crippen molar-refractivity contribution >= 4 is 10.8 Å². The van der Waals surface area contributed by atoms with Crippen LogP contribution in [0.15, 0.2) is 132 Å². The van der Waals surface area contributed by atoms with Gasteiger partial charge < -0.3 is 0 Å². The quantitative estimate of drug-likeness (QED) is 0.244. The van der Waals surface area contributed by atoms with Crippen LogP contribution in [0.4, 0.5) is 0 Å². The van der Waals surface area contributed by atoms with Crippen molar-refractivity contribution < 1.29 is 0 Å². The molecular formula is C37H30. The molecule has 0 aliphatic heterocycles. The molecule has 0 saturated carbocycles. The monoisotopic (exact) mass is 474 g/mol. The summed E-state index contributed by atoms with van der Waals surface area (Å²) in [6, 6.07) is 40.9. The largest absolute Gasteiger partial charge is 0.0730 e. The SMILES string of the molecule is CC1=CC=C(C2(c3ccc(C)cc3)c3ccccc3-c3ccc(-c4ccc5ccccc5c4)cc32)CC1. The number of benzene rings is 5. The number of rotatable bonds is 3. The Kier molecular flexibility index (Phi) is 5.04. The number of hydrogen-bond acceptors (Lipinski definition) is 0. The van der Waals surface area contributed by atoms with Crippen LogP contribution in [0.3, 0.4) is 0 Å². The van der Waals surface area contributed by atoms with E-state index in [2.05, 4.69) is 135 Å². The lowest BCUT2D eigenvalue weighted by Crippen LogP contribution is -2.30. The van der Waals surface area contributed by atoms with Crippen LogP contribution in [0.5, 0.6) is 0 Å². The third-order valence-corrected chi connectivity index (χ3v) is 8.45. The van der Waals surface area contributed by atoms with E-state index in [9.17, 15) is 0 Å². The smallest absolute Gasteiger partial charge is 0.0676 e. The number of hydrogen-bond donors (Lipinski definition) is 0. The van der Waals surface area contributed by atoms with Crippen LogP contribution in [0.25, 0.3) is 33.0 Å². The Morgan fingerprint density at radius 2 is 1.24 bits per heavy atom. The van der Waals surface area contributed by atoms with Gasteiger partial charge in [0.2, 0.25) is 0 Å². The van der Waals surface area contributed by atoms with Crippen molar-refractivity contribution in [2.75, 3.05) is 0 Å². The maximum atomic E-state index is 2.48. The minimum absolute atomic E-state index is 0.288. The van der Waals surface area contributed by atoms with E-state index < -0.39 is 0 Å². The zero-order valence-corrected chi connectivity index (χ0v) is 21.5. The van der Waals surface area contributed by atoms with Crippen LogP contribution in [-0.2, 0) is 5.41 Å². The van der Waals surface area contributed by atoms with Gasteiger partial charge >= 0.3 is 0 Å². The fourth-order valence-corrected chi connectivity index (χ4v) is 6.53. The van der Waals surface area contributed by atoms with Gasteiger partial charge in [-0.1, -0.05) is 126 Å². The molecule has 0 bridgehead atoms. The summed E-state index contributed by atoms with van der Waals surface area (Å²) >= 11 is 0. The summed E-state index contributed by atoms with van der Waals surface area (Å²) in [7, 11) is 0. The molecule has 1 unspecified atom stereocenters. The maximum Gasteiger partial charge on any atom is 0.0676 e. The summed E-state index contributed by atoms with van der Waals surface area (Å²) in [5, 5.41) is 2.56. The van der Waals surface area contributed by atoms with E-state index >= 15 is 0 Å². The van der Waals surface area contributed by atoms with Gasteiger partial charge in [0.1, 0.15) is 0 Å². The lowest BCUT2D eigenvalue weighted by atomic mass is 9.64. The standard InChI is InChI=1S/C37H30/c1-25-11-18-31(19-12-25)37(32-20-13-26(2)14-21-32)35-10-6-5-9-33(35)34-22-17-30(24-36(34)37)29-16-15-27-7-3-4-8-28(27)23-29/h3-13,15-20,22-24H,14,21H2,1-2H3. The average Bonchev–Trinajstić information content (AvgIpc) is 3.24. The Hall–Kier alpha value is -4.16. The van der Waals surface area contributed by atoms with Crippen LogP contribution in [-0.4, -0.2) is 0 Å². The first-order valence-corrected chi connectivity index (χ1v) is 13.3. The van der Waals surface area contributed by atoms with Crippen molar-refractivity contribution in [3.05, 3.63) is 155 Å². The van der Waals surface area contributed by atoms with Gasteiger partial charge in [0, 0.05) is 0 Å². The van der Waals surface area contributed by atoms with Crippen LogP contribution < -0.4 is 0 Å². The summed E-state index contributed by atoms with van der Waals surface area (Å²) in [4.78, 5) is 0. The van der Waals surface area contributed by atoms with Crippen molar-refractivity contribution in [2.45, 2.75) is 32.1 Å². The minimum Gasteiger partial charge on any atom is -0.0730 e. The Bertz CT molecular complexity index is 1730. The Morgan fingerprint density at radius 1 is 0.541 bits per heavy atom. The number of allylic oxidation sites excluding steroid dienone is 4. The minimum atomic E-state index is -0.288. The van der Waals surface area contributed by atoms with E-state index in [4.69, 9.17) is 0 Å². The number of fused-ring (bicyclic) bond motifs is 4. The fraction of sp³-hybridized carbons (Fsp3) is 0.135. The van der Waals surface area contributed by atoms with E-state index in [1.54, 1.807) is 0 Å². The fourth-order valence-electron chi connectivity index (χ4n) is 6.53. The lowest BCUT2D eigenvalue weighted by molar-refractivity contribution is 0.684. The molecule has 5 aromatic carbocycles. The molecule has 0 radical (unpaired) electrons. The maximum absolute atomic E-state index is 2.48. The van der Waals surface area contributed by atoms with Crippen LogP contribution in [0.1, 0.15) is 42.0 Å². The summed E-state index contributed by atoms with van der Waals surface area (Å²) in [5.41, 5.74) is 13.4. The van der Waals surface area contributed by atoms with Gasteiger partial charge in [-0.2, -0.15) is 0 Å². The van der Waals surface area contributed by atoms with Gasteiger partial charge in [-0.3, -0.25) is 0 Å². The first kappa shape index (κ1) is 22.1. The van der Waals surface area contributed by atoms with Crippen molar-refractivity contribution in [1.82, 2.24) is 0 Å². The zero-order valence-electron chi connectivity index (χ0n) is 21.5. The third-order valence-electron chi connectivity index (χ3n) is 8.45. The molecule has 2 aliphatic rings. The molecular weight excluding hydrogens is 444 g/mol. The molecule has 37 heavy (non-hydrogen) atoms. The van der Waals surface area contributed by atoms with Crippen molar-refractivity contribution in [2.24, 2.45) is 0 Å². The van der Waals surface area contributed by atoms with E-state index in [-0.39, 0.29) is 5.41 Å². The summed E-state index contributed by atoms with van der Waals surface area (Å²) in [6.07, 6.45) is 6.93. The van der Waals surface area contributed by atoms with E-state index in [1.165, 1.54) is 66.4 Å². The Morgan fingerprint density at radius 3 is 2.05 bits per heavy atom. The topological polar surface area (TPSA) is 0 Å². The molecule has 5 aromatic rings. The van der Waals surface area contributed by atoms with Gasteiger partial charge in [0.15, 0.2) is 0 Å². The molecule has 2 aliphatic carbocycles. The Balaban J connectivity index is 1.53. The summed E-state index contributed by atoms with van der Waals surface area (Å²) in [6.45, 7) is 4.43. The molecule has 0 fully saturated rings. The van der Waals surface area contributed by atoms with E-state index in [0.29, 0.717) is 0 Å². The second-order valence-corrected chi connectivity index (χ2v) is 10.7. The first-order chi connectivity index (χ1) is 18.1. The highest BCUT2D eigenvalue weighted by Gasteiger charge is 2.47. The molecule has 0 nitrogen and oxygen atoms in total. The Labute approximate surface area is 219 Å². The molecule has 1 atom stereocenters. The highest BCUT2D eigenvalue weighted by atomic mass is 14.5. The predicted octanol–water partition coefficient (Wildman–Crippen LogP) is 9.80. The van der Waals surface area contributed by atoms with E-state index in [0.717, 1.165) is 12.8 Å². The van der Waals surface area contributed by atoms with Gasteiger partial charge in [-0.05, 0) is 88.5 Å². The van der Waals surface area contributed by atoms with Gasteiger partial charge in [0.05, 0.1) is 5.41 Å². The lowest BCUT2D eigenvalue weighted by Gasteiger charge is -2.37. The van der Waals surface area contributed by atoms with Crippen LogP contribution >= 0.6 is 0 Å². The highest BCUT2D eigenvalue weighted by molar-refractivity contribution is 5.91. The van der Waals surface area contributed by atoms with Gasteiger partial charge in [-0.15, -0.1) is 0 Å². The summed E-state index contributed by atoms with van der Waals surface area (Å²) in [5.74, 6) is 0. The summed E-state index contributed by atoms with van der Waals surface area (Å²) < 4.78 is 0.